The highest BCUT2D eigenvalue weighted by molar-refractivity contribution is 7.89. The van der Waals surface area contributed by atoms with E-state index in [4.69, 9.17) is 0 Å². The zero-order valence-corrected chi connectivity index (χ0v) is 11.8. The maximum Gasteiger partial charge on any atom is 0.417 e. The van der Waals surface area contributed by atoms with Crippen molar-refractivity contribution < 1.29 is 21.6 Å². The van der Waals surface area contributed by atoms with Crippen LogP contribution < -0.4 is 0 Å². The van der Waals surface area contributed by atoms with Crippen molar-refractivity contribution in [3.8, 4) is 0 Å². The number of benzene rings is 1. The summed E-state index contributed by atoms with van der Waals surface area (Å²) in [4.78, 5) is -0.651. The number of nitrogens with zero attached hydrogens (tertiary/aromatic N) is 1. The maximum absolute atomic E-state index is 12.9. The van der Waals surface area contributed by atoms with Gasteiger partial charge in [0.05, 0.1) is 10.5 Å². The average molecular weight is 307 g/mol. The van der Waals surface area contributed by atoms with Gasteiger partial charge in [-0.05, 0) is 30.9 Å². The van der Waals surface area contributed by atoms with Crippen molar-refractivity contribution in [1.82, 2.24) is 4.31 Å². The van der Waals surface area contributed by atoms with Crippen LogP contribution in [0.3, 0.4) is 0 Å². The summed E-state index contributed by atoms with van der Waals surface area (Å²) in [7, 11) is -4.09. The first-order chi connectivity index (χ1) is 9.23. The third kappa shape index (κ3) is 2.98. The highest BCUT2D eigenvalue weighted by Gasteiger charge is 2.39. The predicted octanol–water partition coefficient (Wildman–Crippen LogP) is 3.13. The van der Waals surface area contributed by atoms with E-state index in [0.717, 1.165) is 16.4 Å². The molecule has 1 aliphatic rings. The van der Waals surface area contributed by atoms with Crippen LogP contribution in [0, 0.1) is 5.92 Å². The van der Waals surface area contributed by atoms with Crippen molar-refractivity contribution >= 4 is 10.0 Å². The second kappa shape index (κ2) is 5.37. The molecule has 0 atom stereocenters. The molecular weight excluding hydrogens is 291 g/mol. The van der Waals surface area contributed by atoms with Crippen LogP contribution in [0.4, 0.5) is 13.2 Å². The number of alkyl halides is 3. The Morgan fingerprint density at radius 3 is 2.25 bits per heavy atom. The molecule has 1 aromatic carbocycles. The van der Waals surface area contributed by atoms with Gasteiger partial charge < -0.3 is 0 Å². The first kappa shape index (κ1) is 15.3. The SMILES string of the molecule is CC1CCN(S(=O)(=O)c2ccccc2C(F)(F)F)CC1. The summed E-state index contributed by atoms with van der Waals surface area (Å²) in [6, 6.07) is 4.34. The summed E-state index contributed by atoms with van der Waals surface area (Å²) in [5.41, 5.74) is -1.10. The molecule has 1 fully saturated rings. The van der Waals surface area contributed by atoms with Gasteiger partial charge in [0, 0.05) is 13.1 Å². The summed E-state index contributed by atoms with van der Waals surface area (Å²) in [5, 5.41) is 0. The van der Waals surface area contributed by atoms with E-state index in [1.807, 2.05) is 6.92 Å². The molecule has 0 aliphatic carbocycles. The lowest BCUT2D eigenvalue weighted by molar-refractivity contribution is -0.139. The zero-order valence-electron chi connectivity index (χ0n) is 11.0. The smallest absolute Gasteiger partial charge is 0.207 e. The van der Waals surface area contributed by atoms with Crippen molar-refractivity contribution in [2.45, 2.75) is 30.8 Å². The highest BCUT2D eigenvalue weighted by Crippen LogP contribution is 2.35. The number of hydrogen-bond acceptors (Lipinski definition) is 2. The van der Waals surface area contributed by atoms with Gasteiger partial charge in [0.15, 0.2) is 0 Å². The van der Waals surface area contributed by atoms with Crippen molar-refractivity contribution in [2.24, 2.45) is 5.92 Å². The summed E-state index contributed by atoms with van der Waals surface area (Å²) >= 11 is 0. The fourth-order valence-electron chi connectivity index (χ4n) is 2.29. The lowest BCUT2D eigenvalue weighted by atomic mass is 10.0. The Morgan fingerprint density at radius 1 is 1.15 bits per heavy atom. The Balaban J connectivity index is 2.40. The largest absolute Gasteiger partial charge is 0.417 e. The van der Waals surface area contributed by atoms with Crippen molar-refractivity contribution in [3.63, 3.8) is 0 Å². The van der Waals surface area contributed by atoms with Gasteiger partial charge in [-0.25, -0.2) is 8.42 Å². The molecule has 3 nitrogen and oxygen atoms in total. The Kier molecular flexibility index (Phi) is 4.11. The Morgan fingerprint density at radius 2 is 1.70 bits per heavy atom. The molecule has 0 aromatic heterocycles. The van der Waals surface area contributed by atoms with Crippen molar-refractivity contribution in [1.29, 1.82) is 0 Å². The van der Waals surface area contributed by atoms with E-state index in [0.29, 0.717) is 18.8 Å². The number of sulfonamides is 1. The van der Waals surface area contributed by atoms with E-state index in [9.17, 15) is 21.6 Å². The molecule has 0 bridgehead atoms. The van der Waals surface area contributed by atoms with E-state index in [1.54, 1.807) is 0 Å². The number of rotatable bonds is 2. The molecule has 20 heavy (non-hydrogen) atoms. The average Bonchev–Trinajstić information content (AvgIpc) is 2.38. The molecule has 0 amide bonds. The molecule has 112 valence electrons. The fourth-order valence-corrected chi connectivity index (χ4v) is 3.97. The van der Waals surface area contributed by atoms with E-state index in [-0.39, 0.29) is 13.1 Å². The first-order valence-electron chi connectivity index (χ1n) is 6.39. The van der Waals surface area contributed by atoms with E-state index in [2.05, 4.69) is 0 Å². The molecule has 0 spiro atoms. The minimum Gasteiger partial charge on any atom is -0.207 e. The van der Waals surface area contributed by atoms with Gasteiger partial charge in [0.1, 0.15) is 0 Å². The predicted molar refractivity (Wildman–Crippen MR) is 68.6 cm³/mol. The zero-order chi connectivity index (χ0) is 15.0. The van der Waals surface area contributed by atoms with Crippen molar-refractivity contribution in [2.75, 3.05) is 13.1 Å². The summed E-state index contributed by atoms with van der Waals surface area (Å²) < 4.78 is 64.7. The Bertz CT molecular complexity index is 576. The minimum atomic E-state index is -4.67. The van der Waals surface area contributed by atoms with Crippen LogP contribution in [0.25, 0.3) is 0 Å². The molecule has 0 unspecified atom stereocenters. The molecule has 0 N–H and O–H groups in total. The monoisotopic (exact) mass is 307 g/mol. The lowest BCUT2D eigenvalue weighted by Gasteiger charge is -2.30. The quantitative estimate of drug-likeness (QED) is 0.842. The summed E-state index contributed by atoms with van der Waals surface area (Å²) in [5.74, 6) is 0.402. The molecule has 1 aliphatic heterocycles. The van der Waals surface area contributed by atoms with Crippen LogP contribution in [-0.2, 0) is 16.2 Å². The van der Waals surface area contributed by atoms with Gasteiger partial charge in [-0.15, -0.1) is 0 Å². The van der Waals surface area contributed by atoms with Crippen LogP contribution in [0.1, 0.15) is 25.3 Å². The molecule has 7 heteroatoms. The highest BCUT2D eigenvalue weighted by atomic mass is 32.2. The van der Waals surface area contributed by atoms with E-state index < -0.39 is 26.7 Å². The van der Waals surface area contributed by atoms with Crippen molar-refractivity contribution in [3.05, 3.63) is 29.8 Å². The topological polar surface area (TPSA) is 37.4 Å². The third-order valence-corrected chi connectivity index (χ3v) is 5.51. The number of halogens is 3. The summed E-state index contributed by atoms with van der Waals surface area (Å²) in [6.45, 7) is 2.55. The van der Waals surface area contributed by atoms with Crippen LogP contribution in [0.2, 0.25) is 0 Å². The van der Waals surface area contributed by atoms with E-state index in [1.165, 1.54) is 12.1 Å². The molecule has 0 radical (unpaired) electrons. The molecule has 0 saturated carbocycles. The maximum atomic E-state index is 12.9. The van der Waals surface area contributed by atoms with E-state index >= 15 is 0 Å². The van der Waals surface area contributed by atoms with Crippen LogP contribution in [0.5, 0.6) is 0 Å². The van der Waals surface area contributed by atoms with Crippen LogP contribution in [0.15, 0.2) is 29.2 Å². The summed E-state index contributed by atoms with van der Waals surface area (Å²) in [6.07, 6.45) is -3.33. The molecule has 1 saturated heterocycles. The van der Waals surface area contributed by atoms with Gasteiger partial charge >= 0.3 is 6.18 Å². The molecule has 2 rings (SSSR count). The Labute approximate surface area is 116 Å². The van der Waals surface area contributed by atoms with Gasteiger partial charge in [-0.3, -0.25) is 0 Å². The van der Waals surface area contributed by atoms with Gasteiger partial charge in [-0.1, -0.05) is 19.1 Å². The van der Waals surface area contributed by atoms with Gasteiger partial charge in [0.2, 0.25) is 10.0 Å². The Hall–Kier alpha value is -1.08. The molecule has 1 aromatic rings. The second-order valence-corrected chi connectivity index (χ2v) is 6.99. The normalized spacial score (nSPS) is 19.2. The standard InChI is InChI=1S/C13H16F3NO2S/c1-10-6-8-17(9-7-10)20(18,19)12-5-3-2-4-11(12)13(14,15)16/h2-5,10H,6-9H2,1H3. The number of hydrogen-bond donors (Lipinski definition) is 0. The molecule has 1 heterocycles. The minimum absolute atomic E-state index is 0.274. The first-order valence-corrected chi connectivity index (χ1v) is 7.83. The van der Waals surface area contributed by atoms with Gasteiger partial charge in [-0.2, -0.15) is 17.5 Å². The van der Waals surface area contributed by atoms with Gasteiger partial charge in [0.25, 0.3) is 0 Å². The lowest BCUT2D eigenvalue weighted by Crippen LogP contribution is -2.38. The molecular formula is C13H16F3NO2S. The third-order valence-electron chi connectivity index (χ3n) is 3.55. The number of piperidine rings is 1. The second-order valence-electron chi connectivity index (χ2n) is 5.08. The van der Waals surface area contributed by atoms with Crippen LogP contribution in [-0.4, -0.2) is 25.8 Å². The van der Waals surface area contributed by atoms with Crippen LogP contribution >= 0.6 is 0 Å². The fraction of sp³-hybridized carbons (Fsp3) is 0.538.